The Morgan fingerprint density at radius 3 is 1.38 bits per heavy atom. The minimum Gasteiger partial charge on any atom is -0.303 e. The molecule has 124 valence electrons. The highest BCUT2D eigenvalue weighted by Crippen LogP contribution is 2.16. The van der Waals surface area contributed by atoms with Crippen LogP contribution in [0.15, 0.2) is 48.5 Å². The quantitative estimate of drug-likeness (QED) is 0.697. The Balaban J connectivity index is 1.95. The van der Waals surface area contributed by atoms with E-state index in [1.165, 1.54) is 0 Å². The first-order valence-corrected chi connectivity index (χ1v) is 8.13. The molecule has 0 saturated carbocycles. The third-order valence-electron chi connectivity index (χ3n) is 4.22. The minimum atomic E-state index is -0.123. The number of hydrogen-bond acceptors (Lipinski definition) is 3. The molecule has 0 aliphatic rings. The summed E-state index contributed by atoms with van der Waals surface area (Å²) in [4.78, 5) is 33.8. The first-order chi connectivity index (χ1) is 11.5. The van der Waals surface area contributed by atoms with Crippen LogP contribution in [0.3, 0.4) is 0 Å². The van der Waals surface area contributed by atoms with Crippen molar-refractivity contribution in [2.24, 2.45) is 0 Å². The average molecular weight is 322 g/mol. The van der Waals surface area contributed by atoms with Gasteiger partial charge in [-0.3, -0.25) is 4.79 Å². The van der Waals surface area contributed by atoms with E-state index in [1.54, 1.807) is 0 Å². The summed E-state index contributed by atoms with van der Waals surface area (Å²) in [5.41, 5.74) is 3.82. The fourth-order valence-corrected chi connectivity index (χ4v) is 2.55. The summed E-state index contributed by atoms with van der Waals surface area (Å²) in [5.74, 6) is -0.105. The molecule has 0 fully saturated rings. The van der Waals surface area contributed by atoms with Crippen molar-refractivity contribution < 1.29 is 14.4 Å². The highest BCUT2D eigenvalue weighted by molar-refractivity contribution is 5.83. The Bertz CT molecular complexity index is 637. The van der Waals surface area contributed by atoms with Crippen molar-refractivity contribution >= 4 is 18.4 Å². The fraction of sp³-hybridized carbons (Fsp3) is 0.286. The monoisotopic (exact) mass is 322 g/mol. The Kier molecular flexibility index (Phi) is 6.19. The molecule has 0 aliphatic carbocycles. The van der Waals surface area contributed by atoms with Gasteiger partial charge in [0.2, 0.25) is 0 Å². The summed E-state index contributed by atoms with van der Waals surface area (Å²) in [6.07, 6.45) is 2.58. The first-order valence-electron chi connectivity index (χ1n) is 8.13. The molecule has 0 aromatic heterocycles. The van der Waals surface area contributed by atoms with Crippen LogP contribution < -0.4 is 0 Å². The molecule has 0 heterocycles. The predicted molar refractivity (Wildman–Crippen MR) is 94.3 cm³/mol. The Labute approximate surface area is 142 Å². The van der Waals surface area contributed by atoms with Gasteiger partial charge in [-0.15, -0.1) is 0 Å². The third kappa shape index (κ3) is 4.72. The summed E-state index contributed by atoms with van der Waals surface area (Å²) >= 11 is 0. The SMILES string of the molecule is CC(C=O)c1ccc(CC(=O)Cc2ccc(C(C)C=O)cc2)cc1. The zero-order valence-corrected chi connectivity index (χ0v) is 14.1. The van der Waals surface area contributed by atoms with Gasteiger partial charge >= 0.3 is 0 Å². The minimum absolute atomic E-state index is 0.123. The molecule has 0 bridgehead atoms. The van der Waals surface area contributed by atoms with E-state index in [0.717, 1.165) is 34.8 Å². The van der Waals surface area contributed by atoms with Crippen molar-refractivity contribution in [3.8, 4) is 0 Å². The lowest BCUT2D eigenvalue weighted by molar-refractivity contribution is -0.117. The number of carbonyl (C=O) groups is 3. The third-order valence-corrected chi connectivity index (χ3v) is 4.22. The van der Waals surface area contributed by atoms with Gasteiger partial charge in [0.15, 0.2) is 0 Å². The van der Waals surface area contributed by atoms with E-state index < -0.39 is 0 Å². The maximum absolute atomic E-state index is 12.2. The summed E-state index contributed by atoms with van der Waals surface area (Å²) in [7, 11) is 0. The molecule has 0 spiro atoms. The van der Waals surface area contributed by atoms with Gasteiger partial charge in [0.25, 0.3) is 0 Å². The topological polar surface area (TPSA) is 51.2 Å². The lowest BCUT2D eigenvalue weighted by atomic mass is 9.97. The highest BCUT2D eigenvalue weighted by Gasteiger charge is 2.09. The molecule has 3 nitrogen and oxygen atoms in total. The van der Waals surface area contributed by atoms with Gasteiger partial charge in [0, 0.05) is 24.7 Å². The lowest BCUT2D eigenvalue weighted by Gasteiger charge is -2.07. The summed E-state index contributed by atoms with van der Waals surface area (Å²) in [6, 6.07) is 15.2. The van der Waals surface area contributed by atoms with Crippen LogP contribution in [0.25, 0.3) is 0 Å². The van der Waals surface area contributed by atoms with Crippen molar-refractivity contribution in [3.05, 3.63) is 70.8 Å². The van der Waals surface area contributed by atoms with Crippen LogP contribution in [0, 0.1) is 0 Å². The molecule has 2 aromatic rings. The molecule has 2 rings (SSSR count). The van der Waals surface area contributed by atoms with Crippen molar-refractivity contribution in [3.63, 3.8) is 0 Å². The summed E-state index contributed by atoms with van der Waals surface area (Å²) in [5, 5.41) is 0. The van der Waals surface area contributed by atoms with Crippen molar-refractivity contribution in [1.82, 2.24) is 0 Å². The van der Waals surface area contributed by atoms with Gasteiger partial charge in [-0.2, -0.15) is 0 Å². The fourth-order valence-electron chi connectivity index (χ4n) is 2.55. The second-order valence-electron chi connectivity index (χ2n) is 6.22. The van der Waals surface area contributed by atoms with Crippen LogP contribution in [0.2, 0.25) is 0 Å². The Morgan fingerprint density at radius 1 is 0.750 bits per heavy atom. The molecule has 24 heavy (non-hydrogen) atoms. The van der Waals surface area contributed by atoms with Crippen LogP contribution in [-0.4, -0.2) is 18.4 Å². The second kappa shape index (κ2) is 8.34. The number of aldehydes is 2. The molecular formula is C21H22O3. The number of ketones is 1. The molecule has 0 aliphatic heterocycles. The molecule has 0 N–H and O–H groups in total. The molecular weight excluding hydrogens is 300 g/mol. The smallest absolute Gasteiger partial charge is 0.141 e. The molecule has 3 heteroatoms. The molecule has 2 aromatic carbocycles. The normalized spacial score (nSPS) is 13.1. The number of carbonyl (C=O) groups excluding carboxylic acids is 3. The predicted octanol–water partition coefficient (Wildman–Crippen LogP) is 3.65. The van der Waals surface area contributed by atoms with Gasteiger partial charge < -0.3 is 9.59 Å². The van der Waals surface area contributed by atoms with Crippen molar-refractivity contribution in [1.29, 1.82) is 0 Å². The van der Waals surface area contributed by atoms with E-state index in [2.05, 4.69) is 0 Å². The second-order valence-corrected chi connectivity index (χ2v) is 6.22. The van der Waals surface area contributed by atoms with E-state index in [1.807, 2.05) is 62.4 Å². The van der Waals surface area contributed by atoms with E-state index in [4.69, 9.17) is 0 Å². The van der Waals surface area contributed by atoms with Gasteiger partial charge in [-0.25, -0.2) is 0 Å². The lowest BCUT2D eigenvalue weighted by Crippen LogP contribution is -2.07. The number of hydrogen-bond donors (Lipinski definition) is 0. The van der Waals surface area contributed by atoms with E-state index in [0.29, 0.717) is 12.8 Å². The molecule has 2 unspecified atom stereocenters. The Morgan fingerprint density at radius 2 is 1.08 bits per heavy atom. The van der Waals surface area contributed by atoms with Crippen molar-refractivity contribution in [2.45, 2.75) is 38.5 Å². The number of rotatable bonds is 8. The molecule has 2 atom stereocenters. The van der Waals surface area contributed by atoms with Crippen molar-refractivity contribution in [2.75, 3.05) is 0 Å². The largest absolute Gasteiger partial charge is 0.303 e. The number of Topliss-reactive ketones (excluding diaryl/α,β-unsaturated/α-hetero) is 1. The highest BCUT2D eigenvalue weighted by atomic mass is 16.1. The maximum Gasteiger partial charge on any atom is 0.141 e. The maximum atomic E-state index is 12.2. The van der Waals surface area contributed by atoms with Gasteiger partial charge in [-0.05, 0) is 22.3 Å². The standard InChI is InChI=1S/C21H22O3/c1-15(13-22)19-7-3-17(4-8-19)11-21(24)12-18-5-9-20(10-6-18)16(2)14-23/h3-10,13-16H,11-12H2,1-2H3. The van der Waals surface area contributed by atoms with Gasteiger partial charge in [0.05, 0.1) is 0 Å². The van der Waals surface area contributed by atoms with Crippen LogP contribution in [-0.2, 0) is 27.2 Å². The Hall–Kier alpha value is -2.55. The van der Waals surface area contributed by atoms with Crippen LogP contribution in [0.5, 0.6) is 0 Å². The molecule has 0 radical (unpaired) electrons. The van der Waals surface area contributed by atoms with Crippen LogP contribution in [0.1, 0.15) is 47.9 Å². The summed E-state index contributed by atoms with van der Waals surface area (Å²) < 4.78 is 0. The van der Waals surface area contributed by atoms with Gasteiger partial charge in [0.1, 0.15) is 18.4 Å². The average Bonchev–Trinajstić information content (AvgIpc) is 2.61. The van der Waals surface area contributed by atoms with Gasteiger partial charge in [-0.1, -0.05) is 62.4 Å². The number of benzene rings is 2. The van der Waals surface area contributed by atoms with Crippen LogP contribution in [0.4, 0.5) is 0 Å². The molecule has 0 saturated heterocycles. The summed E-state index contributed by atoms with van der Waals surface area (Å²) in [6.45, 7) is 3.70. The van der Waals surface area contributed by atoms with E-state index in [-0.39, 0.29) is 17.6 Å². The zero-order valence-electron chi connectivity index (χ0n) is 14.1. The van der Waals surface area contributed by atoms with Crippen LogP contribution >= 0.6 is 0 Å². The van der Waals surface area contributed by atoms with E-state index >= 15 is 0 Å². The zero-order chi connectivity index (χ0) is 17.5. The van der Waals surface area contributed by atoms with E-state index in [9.17, 15) is 14.4 Å². The molecule has 0 amide bonds. The first kappa shape index (κ1) is 17.8.